The Balaban J connectivity index is 1.88. The Kier molecular flexibility index (Phi) is 4.60. The first-order valence-electron chi connectivity index (χ1n) is 6.05. The third-order valence-electron chi connectivity index (χ3n) is 2.59. The highest BCUT2D eigenvalue weighted by atomic mass is 32.1. The second kappa shape index (κ2) is 6.21. The van der Waals surface area contributed by atoms with E-state index in [1.807, 2.05) is 12.3 Å². The van der Waals surface area contributed by atoms with E-state index in [4.69, 9.17) is 0 Å². The zero-order chi connectivity index (χ0) is 13.8. The molecular weight excluding hydrogens is 280 g/mol. The number of aromatic nitrogens is 3. The maximum absolute atomic E-state index is 11.8. The highest BCUT2D eigenvalue weighted by molar-refractivity contribution is 7.09. The molecule has 0 aliphatic carbocycles. The lowest BCUT2D eigenvalue weighted by atomic mass is 10.1. The largest absolute Gasteiger partial charge is 0.351 e. The van der Waals surface area contributed by atoms with Crippen molar-refractivity contribution in [2.24, 2.45) is 0 Å². The van der Waals surface area contributed by atoms with E-state index in [0.717, 1.165) is 21.3 Å². The molecule has 102 valence electrons. The summed E-state index contributed by atoms with van der Waals surface area (Å²) in [7, 11) is 0. The average Bonchev–Trinajstić information content (AvgIpc) is 2.95. The van der Waals surface area contributed by atoms with Gasteiger partial charge in [-0.05, 0) is 24.4 Å². The van der Waals surface area contributed by atoms with E-state index in [2.05, 4.69) is 33.7 Å². The second-order valence-electron chi connectivity index (χ2n) is 4.55. The molecule has 0 fully saturated rings. The monoisotopic (exact) mass is 296 g/mol. The molecule has 1 amide bonds. The smallest absolute Gasteiger partial charge is 0.226 e. The van der Waals surface area contributed by atoms with Gasteiger partial charge in [0.2, 0.25) is 5.91 Å². The molecule has 2 rings (SSSR count). The fourth-order valence-electron chi connectivity index (χ4n) is 1.67. The number of nitrogens with one attached hydrogen (secondary N) is 1. The van der Waals surface area contributed by atoms with Gasteiger partial charge in [-0.3, -0.25) is 4.79 Å². The number of aryl methyl sites for hydroxylation is 1. The minimum absolute atomic E-state index is 0.0200. The Labute approximate surface area is 120 Å². The van der Waals surface area contributed by atoms with Crippen LogP contribution >= 0.6 is 22.9 Å². The summed E-state index contributed by atoms with van der Waals surface area (Å²) in [6.45, 7) is 6.57. The van der Waals surface area contributed by atoms with Gasteiger partial charge in [0.15, 0.2) is 0 Å². The second-order valence-corrected chi connectivity index (χ2v) is 6.45. The third kappa shape index (κ3) is 3.81. The van der Waals surface area contributed by atoms with Crippen LogP contribution in [0.15, 0.2) is 5.38 Å². The molecular formula is C12H16N4OS2. The topological polar surface area (TPSA) is 67.8 Å². The van der Waals surface area contributed by atoms with Gasteiger partial charge in [0.05, 0.1) is 34.2 Å². The molecule has 2 aromatic heterocycles. The van der Waals surface area contributed by atoms with Crippen molar-refractivity contribution in [3.8, 4) is 0 Å². The van der Waals surface area contributed by atoms with Crippen molar-refractivity contribution >= 4 is 28.8 Å². The van der Waals surface area contributed by atoms with Crippen molar-refractivity contribution in [3.63, 3.8) is 0 Å². The lowest BCUT2D eigenvalue weighted by Crippen LogP contribution is -2.24. The number of carbonyl (C=O) groups excluding carboxylic acids is 1. The standard InChI is InChI=1S/C12H16N4OS2/c1-7(2)12-10(19-16-15-12)5-13-11(17)4-9-6-18-8(3)14-9/h6-7H,4-5H2,1-3H3,(H,13,17). The van der Waals surface area contributed by atoms with Crippen LogP contribution in [0.1, 0.15) is 41.0 Å². The number of hydrogen-bond donors (Lipinski definition) is 1. The van der Waals surface area contributed by atoms with Gasteiger partial charge >= 0.3 is 0 Å². The quantitative estimate of drug-likeness (QED) is 0.919. The number of carbonyl (C=O) groups is 1. The number of thiazole rings is 1. The molecule has 2 heterocycles. The molecule has 0 unspecified atom stereocenters. The number of nitrogens with zero attached hydrogens (tertiary/aromatic N) is 3. The maximum atomic E-state index is 11.8. The molecule has 0 saturated carbocycles. The van der Waals surface area contributed by atoms with Crippen LogP contribution in [-0.2, 0) is 17.8 Å². The molecule has 0 aromatic carbocycles. The minimum atomic E-state index is -0.0200. The SMILES string of the molecule is Cc1nc(CC(=O)NCc2snnc2C(C)C)cs1. The van der Waals surface area contributed by atoms with Crippen molar-refractivity contribution in [1.29, 1.82) is 0 Å². The molecule has 0 aliphatic rings. The van der Waals surface area contributed by atoms with Gasteiger partial charge in [-0.1, -0.05) is 18.3 Å². The van der Waals surface area contributed by atoms with Crippen LogP contribution in [0, 0.1) is 6.92 Å². The van der Waals surface area contributed by atoms with E-state index in [1.54, 1.807) is 11.3 Å². The zero-order valence-corrected chi connectivity index (χ0v) is 12.8. The molecule has 0 spiro atoms. The van der Waals surface area contributed by atoms with Crippen LogP contribution in [0.25, 0.3) is 0 Å². The van der Waals surface area contributed by atoms with Gasteiger partial charge in [-0.15, -0.1) is 16.4 Å². The summed E-state index contributed by atoms with van der Waals surface area (Å²) in [5.41, 5.74) is 1.79. The summed E-state index contributed by atoms with van der Waals surface area (Å²) in [6, 6.07) is 0. The fraction of sp³-hybridized carbons (Fsp3) is 0.500. The molecule has 0 bridgehead atoms. The van der Waals surface area contributed by atoms with Crippen LogP contribution in [0.3, 0.4) is 0 Å². The summed E-state index contributed by atoms with van der Waals surface area (Å²) in [6.07, 6.45) is 0.327. The van der Waals surface area contributed by atoms with Crippen LogP contribution in [0.4, 0.5) is 0 Å². The van der Waals surface area contributed by atoms with Crippen LogP contribution in [0.5, 0.6) is 0 Å². The van der Waals surface area contributed by atoms with Crippen LogP contribution < -0.4 is 5.32 Å². The first kappa shape index (κ1) is 14.1. The Hall–Kier alpha value is -1.34. The first-order valence-corrected chi connectivity index (χ1v) is 7.70. The predicted octanol–water partition coefficient (Wildman–Crippen LogP) is 2.29. The predicted molar refractivity (Wildman–Crippen MR) is 76.4 cm³/mol. The summed E-state index contributed by atoms with van der Waals surface area (Å²) in [4.78, 5) is 17.1. The van der Waals surface area contributed by atoms with Crippen LogP contribution in [0.2, 0.25) is 0 Å². The lowest BCUT2D eigenvalue weighted by Gasteiger charge is -2.05. The van der Waals surface area contributed by atoms with Gasteiger partial charge in [0.25, 0.3) is 0 Å². The molecule has 5 nitrogen and oxygen atoms in total. The molecule has 19 heavy (non-hydrogen) atoms. The van der Waals surface area contributed by atoms with Gasteiger partial charge < -0.3 is 5.32 Å². The highest BCUT2D eigenvalue weighted by Crippen LogP contribution is 2.19. The Morgan fingerprint density at radius 1 is 1.47 bits per heavy atom. The van der Waals surface area contributed by atoms with Gasteiger partial charge in [-0.2, -0.15) is 0 Å². The first-order chi connectivity index (χ1) is 9.06. The van der Waals surface area contributed by atoms with E-state index >= 15 is 0 Å². The van der Waals surface area contributed by atoms with Crippen molar-refractivity contribution in [2.45, 2.75) is 39.7 Å². The van der Waals surface area contributed by atoms with E-state index < -0.39 is 0 Å². The zero-order valence-electron chi connectivity index (χ0n) is 11.1. The summed E-state index contributed by atoms with van der Waals surface area (Å²) in [5.74, 6) is 0.306. The number of amides is 1. The summed E-state index contributed by atoms with van der Waals surface area (Å²) < 4.78 is 3.94. The minimum Gasteiger partial charge on any atom is -0.351 e. The maximum Gasteiger partial charge on any atom is 0.226 e. The van der Waals surface area contributed by atoms with Crippen LogP contribution in [-0.4, -0.2) is 20.5 Å². The molecule has 1 N–H and O–H groups in total. The Bertz CT molecular complexity index is 562. The molecule has 0 saturated heterocycles. The Morgan fingerprint density at radius 3 is 2.89 bits per heavy atom. The molecule has 0 atom stereocenters. The van der Waals surface area contributed by atoms with Crippen molar-refractivity contribution in [3.05, 3.63) is 26.7 Å². The molecule has 2 aromatic rings. The van der Waals surface area contributed by atoms with Crippen molar-refractivity contribution in [1.82, 2.24) is 19.9 Å². The fourth-order valence-corrected chi connectivity index (χ4v) is 3.02. The third-order valence-corrected chi connectivity index (χ3v) is 4.15. The summed E-state index contributed by atoms with van der Waals surface area (Å²) >= 11 is 2.90. The van der Waals surface area contributed by atoms with E-state index in [9.17, 15) is 4.79 Å². The van der Waals surface area contributed by atoms with Crippen molar-refractivity contribution in [2.75, 3.05) is 0 Å². The van der Waals surface area contributed by atoms with Gasteiger partial charge in [-0.25, -0.2) is 4.98 Å². The van der Waals surface area contributed by atoms with E-state index in [1.165, 1.54) is 11.5 Å². The molecule has 7 heteroatoms. The Morgan fingerprint density at radius 2 is 2.26 bits per heavy atom. The van der Waals surface area contributed by atoms with E-state index in [-0.39, 0.29) is 5.91 Å². The normalized spacial score (nSPS) is 10.9. The average molecular weight is 296 g/mol. The highest BCUT2D eigenvalue weighted by Gasteiger charge is 2.13. The van der Waals surface area contributed by atoms with Gasteiger partial charge in [0, 0.05) is 5.38 Å². The molecule has 0 aliphatic heterocycles. The molecule has 0 radical (unpaired) electrons. The van der Waals surface area contributed by atoms with Crippen molar-refractivity contribution < 1.29 is 4.79 Å². The number of rotatable bonds is 5. The number of hydrogen-bond acceptors (Lipinski definition) is 6. The lowest BCUT2D eigenvalue weighted by molar-refractivity contribution is -0.120. The summed E-state index contributed by atoms with van der Waals surface area (Å²) in [5, 5.41) is 9.88. The van der Waals surface area contributed by atoms with E-state index in [0.29, 0.717) is 18.9 Å². The van der Waals surface area contributed by atoms with Gasteiger partial charge in [0.1, 0.15) is 0 Å².